The molecule has 0 unspecified atom stereocenters. The highest BCUT2D eigenvalue weighted by molar-refractivity contribution is 6.33. The van der Waals surface area contributed by atoms with Crippen LogP contribution in [0.3, 0.4) is 0 Å². The maximum atomic E-state index is 8.90. The number of halogens is 1. The Morgan fingerprint density at radius 2 is 1.83 bits per heavy atom. The molecule has 122 valence electrons. The fraction of sp³-hybridized carbons (Fsp3) is 0.250. The summed E-state index contributed by atoms with van der Waals surface area (Å²) in [5.74, 6) is 0.539. The Hall–Kier alpha value is -2.44. The minimum Gasteiger partial charge on any atom is -0.398 e. The highest BCUT2D eigenvalue weighted by atomic mass is 35.5. The molecule has 0 atom stereocenters. The third kappa shape index (κ3) is 3.39. The van der Waals surface area contributed by atoms with Crippen LogP contribution in [-0.4, -0.2) is 18.0 Å². The molecule has 1 aliphatic rings. The van der Waals surface area contributed by atoms with Gasteiger partial charge in [-0.3, -0.25) is 0 Å². The zero-order chi connectivity index (χ0) is 17.1. The molecule has 24 heavy (non-hydrogen) atoms. The summed E-state index contributed by atoms with van der Waals surface area (Å²) in [4.78, 5) is 2.31. The van der Waals surface area contributed by atoms with Crippen LogP contribution >= 0.6 is 11.6 Å². The Labute approximate surface area is 148 Å². The van der Waals surface area contributed by atoms with Crippen LogP contribution in [0.2, 0.25) is 5.02 Å². The minimum absolute atomic E-state index is 0.539. The number of benzene rings is 2. The van der Waals surface area contributed by atoms with Gasteiger partial charge in [0, 0.05) is 18.8 Å². The SMILES string of the molecule is C=C(c1ccc(Cl)c(N)c1)N1CCC(c2ccc(C#N)cc2)CC1. The van der Waals surface area contributed by atoms with E-state index in [2.05, 4.69) is 29.7 Å². The van der Waals surface area contributed by atoms with E-state index in [4.69, 9.17) is 22.6 Å². The lowest BCUT2D eigenvalue weighted by Gasteiger charge is -2.35. The molecule has 0 spiro atoms. The lowest BCUT2D eigenvalue weighted by molar-refractivity contribution is 0.299. The van der Waals surface area contributed by atoms with E-state index in [1.165, 1.54) is 5.56 Å². The highest BCUT2D eigenvalue weighted by Gasteiger charge is 2.22. The largest absolute Gasteiger partial charge is 0.398 e. The third-order valence-electron chi connectivity index (χ3n) is 4.72. The Morgan fingerprint density at radius 1 is 1.17 bits per heavy atom. The maximum Gasteiger partial charge on any atom is 0.0991 e. The van der Waals surface area contributed by atoms with E-state index in [9.17, 15) is 0 Å². The van der Waals surface area contributed by atoms with Crippen molar-refractivity contribution in [3.8, 4) is 6.07 Å². The summed E-state index contributed by atoms with van der Waals surface area (Å²) in [5.41, 5.74) is 10.5. The van der Waals surface area contributed by atoms with Crippen molar-refractivity contribution in [2.75, 3.05) is 18.8 Å². The lowest BCUT2D eigenvalue weighted by atomic mass is 9.88. The summed E-state index contributed by atoms with van der Waals surface area (Å²) in [7, 11) is 0. The number of nitrogen functional groups attached to an aromatic ring is 1. The molecule has 0 aliphatic carbocycles. The van der Waals surface area contributed by atoms with Crippen molar-refractivity contribution in [3.63, 3.8) is 0 Å². The van der Waals surface area contributed by atoms with Crippen molar-refractivity contribution < 1.29 is 0 Å². The highest BCUT2D eigenvalue weighted by Crippen LogP contribution is 2.32. The van der Waals surface area contributed by atoms with Crippen LogP contribution in [0.25, 0.3) is 5.70 Å². The van der Waals surface area contributed by atoms with Crippen LogP contribution < -0.4 is 5.73 Å². The quantitative estimate of drug-likeness (QED) is 0.830. The van der Waals surface area contributed by atoms with Crippen LogP contribution in [0.15, 0.2) is 49.0 Å². The molecule has 1 fully saturated rings. The number of nitriles is 1. The number of piperidine rings is 1. The zero-order valence-electron chi connectivity index (χ0n) is 13.5. The number of nitrogens with zero attached hydrogens (tertiary/aromatic N) is 2. The molecule has 3 nitrogen and oxygen atoms in total. The molecule has 2 N–H and O–H groups in total. The minimum atomic E-state index is 0.539. The first-order valence-electron chi connectivity index (χ1n) is 8.08. The maximum absolute atomic E-state index is 8.90. The number of anilines is 1. The summed E-state index contributed by atoms with van der Waals surface area (Å²) in [6, 6.07) is 15.8. The summed E-state index contributed by atoms with van der Waals surface area (Å²) < 4.78 is 0. The number of rotatable bonds is 3. The van der Waals surface area contributed by atoms with Gasteiger partial charge in [-0.05, 0) is 54.2 Å². The van der Waals surface area contributed by atoms with Gasteiger partial charge in [0.25, 0.3) is 0 Å². The first-order valence-corrected chi connectivity index (χ1v) is 8.45. The fourth-order valence-corrected chi connectivity index (χ4v) is 3.34. The van der Waals surface area contributed by atoms with Gasteiger partial charge in [-0.1, -0.05) is 36.4 Å². The molecular weight excluding hydrogens is 318 g/mol. The molecule has 0 amide bonds. The van der Waals surface area contributed by atoms with Gasteiger partial charge in [0.2, 0.25) is 0 Å². The second-order valence-corrected chi connectivity index (χ2v) is 6.59. The molecule has 2 aromatic rings. The van der Waals surface area contributed by atoms with E-state index in [1.807, 2.05) is 30.3 Å². The number of hydrogen-bond acceptors (Lipinski definition) is 3. The van der Waals surface area contributed by atoms with Crippen molar-refractivity contribution in [2.45, 2.75) is 18.8 Å². The Bertz CT molecular complexity index is 782. The topological polar surface area (TPSA) is 53.0 Å². The van der Waals surface area contributed by atoms with E-state index < -0.39 is 0 Å². The molecule has 1 aliphatic heterocycles. The predicted octanol–water partition coefficient (Wildman–Crippen LogP) is 4.64. The molecule has 1 heterocycles. The smallest absolute Gasteiger partial charge is 0.0991 e. The van der Waals surface area contributed by atoms with Crippen molar-refractivity contribution in [2.24, 2.45) is 0 Å². The van der Waals surface area contributed by atoms with E-state index in [0.29, 0.717) is 22.2 Å². The Balaban J connectivity index is 1.64. The number of nitrogens with two attached hydrogens (primary N) is 1. The predicted molar refractivity (Wildman–Crippen MR) is 99.6 cm³/mol. The first kappa shape index (κ1) is 16.4. The number of hydrogen-bond donors (Lipinski definition) is 1. The summed E-state index contributed by atoms with van der Waals surface area (Å²) in [5, 5.41) is 9.47. The van der Waals surface area contributed by atoms with Crippen LogP contribution in [0.1, 0.15) is 35.4 Å². The van der Waals surface area contributed by atoms with E-state index in [1.54, 1.807) is 0 Å². The summed E-state index contributed by atoms with van der Waals surface area (Å²) >= 11 is 5.99. The van der Waals surface area contributed by atoms with Gasteiger partial charge in [0.05, 0.1) is 22.3 Å². The molecule has 0 saturated carbocycles. The van der Waals surface area contributed by atoms with Gasteiger partial charge in [0.1, 0.15) is 0 Å². The fourth-order valence-electron chi connectivity index (χ4n) is 3.22. The summed E-state index contributed by atoms with van der Waals surface area (Å²) in [6.07, 6.45) is 2.15. The normalized spacial score (nSPS) is 15.1. The average molecular weight is 338 g/mol. The molecule has 4 heteroatoms. The van der Waals surface area contributed by atoms with Crippen LogP contribution in [0, 0.1) is 11.3 Å². The van der Waals surface area contributed by atoms with Crippen LogP contribution in [0.5, 0.6) is 0 Å². The second-order valence-electron chi connectivity index (χ2n) is 6.18. The zero-order valence-corrected chi connectivity index (χ0v) is 14.3. The molecule has 0 bridgehead atoms. The molecular formula is C20H20ClN3. The van der Waals surface area contributed by atoms with Gasteiger partial charge >= 0.3 is 0 Å². The van der Waals surface area contributed by atoms with Crippen LogP contribution in [-0.2, 0) is 0 Å². The van der Waals surface area contributed by atoms with Gasteiger partial charge in [0.15, 0.2) is 0 Å². The summed E-state index contributed by atoms with van der Waals surface area (Å²) in [6.45, 7) is 6.16. The monoisotopic (exact) mass is 337 g/mol. The first-order chi connectivity index (χ1) is 11.6. The van der Waals surface area contributed by atoms with Gasteiger partial charge in [-0.2, -0.15) is 5.26 Å². The second kappa shape index (κ2) is 6.98. The van der Waals surface area contributed by atoms with Crippen molar-refractivity contribution in [3.05, 3.63) is 70.8 Å². The van der Waals surface area contributed by atoms with Gasteiger partial charge < -0.3 is 10.6 Å². The van der Waals surface area contributed by atoms with E-state index >= 15 is 0 Å². The number of likely N-dealkylation sites (tertiary alicyclic amines) is 1. The van der Waals surface area contributed by atoms with Crippen molar-refractivity contribution in [1.82, 2.24) is 4.90 Å². The third-order valence-corrected chi connectivity index (χ3v) is 5.06. The standard InChI is InChI=1S/C20H20ClN3/c1-14(18-6-7-19(21)20(23)12-18)24-10-8-17(9-11-24)16-4-2-15(13-22)3-5-16/h2-7,12,17H,1,8-11,23H2. The average Bonchev–Trinajstić information content (AvgIpc) is 2.63. The molecule has 0 aromatic heterocycles. The molecule has 1 saturated heterocycles. The molecule has 0 radical (unpaired) electrons. The Kier molecular flexibility index (Phi) is 4.78. The van der Waals surface area contributed by atoms with Crippen molar-refractivity contribution in [1.29, 1.82) is 5.26 Å². The Morgan fingerprint density at radius 3 is 2.42 bits per heavy atom. The lowest BCUT2D eigenvalue weighted by Crippen LogP contribution is -2.31. The van der Waals surface area contributed by atoms with Crippen molar-refractivity contribution >= 4 is 23.0 Å². The van der Waals surface area contributed by atoms with Crippen LogP contribution in [0.4, 0.5) is 5.69 Å². The van der Waals surface area contributed by atoms with Gasteiger partial charge in [-0.15, -0.1) is 0 Å². The molecule has 3 rings (SSSR count). The van der Waals surface area contributed by atoms with Gasteiger partial charge in [-0.25, -0.2) is 0 Å². The van der Waals surface area contributed by atoms with E-state index in [0.717, 1.165) is 37.2 Å². The van der Waals surface area contributed by atoms with E-state index in [-0.39, 0.29) is 0 Å². The molecule has 2 aromatic carbocycles.